The molecule has 18 nitrogen and oxygen atoms in total. The van der Waals surface area contributed by atoms with Crippen molar-refractivity contribution in [2.24, 2.45) is 0 Å². The molecule has 0 unspecified atom stereocenters. The van der Waals surface area contributed by atoms with E-state index in [1.165, 1.54) is 0 Å². The van der Waals surface area contributed by atoms with Crippen molar-refractivity contribution in [3.05, 3.63) is 0 Å². The van der Waals surface area contributed by atoms with Crippen LogP contribution in [-0.4, -0.2) is 98.1 Å². The van der Waals surface area contributed by atoms with Gasteiger partial charge < -0.3 is 0 Å². The second kappa shape index (κ2) is 46.0. The summed E-state index contributed by atoms with van der Waals surface area (Å²) in [7, 11) is 0. The van der Waals surface area contributed by atoms with E-state index in [0.29, 0.717) is 0 Å². The fraction of sp³-hybridized carbons (Fsp3) is 0. The minimum atomic E-state index is -4.96. The van der Waals surface area contributed by atoms with Crippen LogP contribution in [0.15, 0.2) is 0 Å². The van der Waals surface area contributed by atoms with Crippen LogP contribution in [0.5, 0.6) is 0 Å². The Hall–Kier alpha value is 14.8. The molecule has 0 heterocycles. The predicted octanol–water partition coefficient (Wildman–Crippen LogP) is -23.7. The molecule has 36 heteroatoms. The predicted molar refractivity (Wildman–Crippen MR) is 96.3 cm³/mol. The van der Waals surface area contributed by atoms with Gasteiger partial charge in [-0.1, -0.05) is 0 Å². The van der Waals surface area contributed by atoms with E-state index in [1.807, 2.05) is 76.5 Å². The van der Waals surface area contributed by atoms with E-state index in [-0.39, 0.29) is 308 Å². The summed E-state index contributed by atoms with van der Waals surface area (Å²) in [5.74, 6) is 0. The molecular formula is Br6K6O18Te6. The SMILES string of the molecule is O=[Te](=O)([O-])Br.O=[Te](=O)([O-])Br.O=[Te](=O)([O-])Br.O=[Te](=O)([O-])Br.O=[Te](=O)([O-])Br.O=[Te](=O)([O-])Br.[K+].[K+].[K+].[K+].[K+].[K+]. The normalized spacial score (nSPS) is 9.67. The Morgan fingerprint density at radius 1 is 0.250 bits per heavy atom. The molecule has 0 aliphatic rings. The summed E-state index contributed by atoms with van der Waals surface area (Å²) in [6.45, 7) is 0. The van der Waals surface area contributed by atoms with Gasteiger partial charge in [0.25, 0.3) is 0 Å². The number of rotatable bonds is 0. The van der Waals surface area contributed by atoms with Crippen LogP contribution in [0.1, 0.15) is 0 Å². The van der Waals surface area contributed by atoms with Crippen molar-refractivity contribution in [3.8, 4) is 0 Å². The molecule has 36 heavy (non-hydrogen) atoms. The van der Waals surface area contributed by atoms with Crippen LogP contribution >= 0.6 is 76.5 Å². The summed E-state index contributed by atoms with van der Waals surface area (Å²) in [4.78, 5) is 0. The van der Waals surface area contributed by atoms with Crippen LogP contribution in [0.3, 0.4) is 0 Å². The molecule has 0 bridgehead atoms. The fourth-order valence-electron chi connectivity index (χ4n) is 0. The van der Waals surface area contributed by atoms with Crippen molar-refractivity contribution >= 4 is 175 Å². The van der Waals surface area contributed by atoms with Crippen LogP contribution in [-0.2, 0) is 37.3 Å². The Bertz CT molecular complexity index is 796. The minimum absolute atomic E-state index is 0. The van der Waals surface area contributed by atoms with Gasteiger partial charge in [0.15, 0.2) is 0 Å². The van der Waals surface area contributed by atoms with Crippen LogP contribution in [0.25, 0.3) is 0 Å². The molecule has 0 N–H and O–H groups in total. The standard InChI is InChI=1S/6BrHO3Te.6K/c6*1-5(2,3)4;;;;;;/h6*(H,2,3,4);;;;;;/q;;;;;;6*+1/p-6. The number of halogens is 6. The van der Waals surface area contributed by atoms with Gasteiger partial charge in [-0.2, -0.15) is 0 Å². The summed E-state index contributed by atoms with van der Waals surface area (Å²) in [5.41, 5.74) is 0. The van der Waals surface area contributed by atoms with Gasteiger partial charge in [-0.15, -0.1) is 0 Å². The third-order valence-corrected chi connectivity index (χ3v) is 0. The molecule has 0 atom stereocenters. The Morgan fingerprint density at radius 3 is 0.250 bits per heavy atom. The van der Waals surface area contributed by atoms with Gasteiger partial charge in [0.2, 0.25) is 0 Å². The van der Waals surface area contributed by atoms with E-state index >= 15 is 0 Å². The molecule has 0 aliphatic carbocycles. The maximum atomic E-state index is 9.10. The average Bonchev–Trinajstić information content (AvgIpc) is 1.94. The molecule has 0 saturated carbocycles. The second-order valence-electron chi connectivity index (χ2n) is 2.36. The molecule has 192 valence electrons. The van der Waals surface area contributed by atoms with E-state index in [9.17, 15) is 0 Å². The average molecular weight is 1770 g/mol. The Kier molecular flexibility index (Phi) is 107. The molecule has 0 fully saturated rings. The van der Waals surface area contributed by atoms with Gasteiger partial charge in [-0.3, -0.25) is 0 Å². The van der Waals surface area contributed by atoms with E-state index < -0.39 is 98.1 Å². The summed E-state index contributed by atoms with van der Waals surface area (Å²) in [6, 6.07) is 0. The smallest absolute Gasteiger partial charge is 1.00 e. The van der Waals surface area contributed by atoms with Crippen molar-refractivity contribution in [1.82, 2.24) is 0 Å². The first-order valence-corrected chi connectivity index (χ1v) is 52.4. The zero-order chi connectivity index (χ0) is 27.0. The van der Waals surface area contributed by atoms with Gasteiger partial charge in [0.1, 0.15) is 0 Å². The molecule has 0 aromatic heterocycles. The first-order chi connectivity index (χ1) is 12.0. The monoisotopic (exact) mass is 1770 g/mol. The van der Waals surface area contributed by atoms with Gasteiger partial charge >= 0.3 is 541 Å². The molecular weight excluding hydrogens is 1770 g/mol. The van der Waals surface area contributed by atoms with Crippen molar-refractivity contribution in [1.29, 1.82) is 0 Å². The van der Waals surface area contributed by atoms with Gasteiger partial charge in [0, 0.05) is 0 Å². The van der Waals surface area contributed by atoms with Gasteiger partial charge in [-0.25, -0.2) is 0 Å². The van der Waals surface area contributed by atoms with E-state index in [1.54, 1.807) is 0 Å². The summed E-state index contributed by atoms with van der Waals surface area (Å²) in [6.07, 6.45) is 0. The molecule has 0 aromatic carbocycles. The molecule has 0 spiro atoms. The second-order valence-corrected chi connectivity index (χ2v) is 47.7. The topological polar surface area (TPSA) is 343 Å². The maximum Gasteiger partial charge on any atom is 1.00 e. The van der Waals surface area contributed by atoms with Crippen molar-refractivity contribution in [3.63, 3.8) is 0 Å². The molecule has 0 aliphatic heterocycles. The zero-order valence-electron chi connectivity index (χ0n) is 18.1. The Labute approximate surface area is 520 Å². The molecule has 0 radical (unpaired) electrons. The van der Waals surface area contributed by atoms with Crippen molar-refractivity contribution < 1.29 is 366 Å². The molecule has 0 saturated heterocycles. The minimum Gasteiger partial charge on any atom is 1.00 e. The largest absolute Gasteiger partial charge is 1.00 e. The van der Waals surface area contributed by atoms with Crippen LogP contribution < -0.4 is 329 Å². The Morgan fingerprint density at radius 2 is 0.250 bits per heavy atom. The first kappa shape index (κ1) is 83.7. The van der Waals surface area contributed by atoms with Crippen molar-refractivity contribution in [2.75, 3.05) is 0 Å². The third-order valence-electron chi connectivity index (χ3n) is 0. The van der Waals surface area contributed by atoms with Crippen LogP contribution in [0.4, 0.5) is 0 Å². The van der Waals surface area contributed by atoms with E-state index in [2.05, 4.69) is 0 Å². The summed E-state index contributed by atoms with van der Waals surface area (Å²) in [5, 5.41) is 0. The number of hydrogen-bond acceptors (Lipinski definition) is 18. The van der Waals surface area contributed by atoms with Crippen LogP contribution in [0, 0.1) is 0 Å². The Balaban J connectivity index is -0.0000000186. The first-order valence-electron chi connectivity index (χ1n) is 3.93. The summed E-state index contributed by atoms with van der Waals surface area (Å²) < 4.78 is 164. The van der Waals surface area contributed by atoms with E-state index in [4.69, 9.17) is 58.1 Å². The molecule has 0 amide bonds. The van der Waals surface area contributed by atoms with Gasteiger partial charge in [-0.05, 0) is 0 Å². The van der Waals surface area contributed by atoms with Crippen molar-refractivity contribution in [2.45, 2.75) is 0 Å². The van der Waals surface area contributed by atoms with Crippen LogP contribution in [0.2, 0.25) is 0 Å². The third kappa shape index (κ3) is 509. The fourth-order valence-corrected chi connectivity index (χ4v) is 0. The zero-order valence-corrected chi connectivity index (χ0v) is 60.3. The summed E-state index contributed by atoms with van der Waals surface area (Å²) >= 11 is -18.4. The van der Waals surface area contributed by atoms with E-state index in [0.717, 1.165) is 0 Å². The van der Waals surface area contributed by atoms with Gasteiger partial charge in [0.05, 0.1) is 0 Å². The molecule has 0 rings (SSSR count). The quantitative estimate of drug-likeness (QED) is 0.203. The number of hydrogen-bond donors (Lipinski definition) is 0. The maximum absolute atomic E-state index is 9.10. The molecule has 0 aromatic rings.